The van der Waals surface area contributed by atoms with Gasteiger partial charge in [-0.1, -0.05) is 35.0 Å². The summed E-state index contributed by atoms with van der Waals surface area (Å²) < 4.78 is 37.8. The molecule has 1 nitrogen and oxygen atoms in total. The van der Waals surface area contributed by atoms with E-state index in [0.717, 1.165) is 15.6 Å². The van der Waals surface area contributed by atoms with Gasteiger partial charge in [0.25, 0.3) is 0 Å². The second kappa shape index (κ2) is 6.57. The number of aryl methyl sites for hydroxylation is 1. The molecule has 0 heterocycles. The molecule has 0 amide bonds. The number of benzene rings is 1. The molecule has 0 aliphatic heterocycles. The van der Waals surface area contributed by atoms with Crippen molar-refractivity contribution in [1.82, 2.24) is 5.32 Å². The molecule has 0 saturated carbocycles. The zero-order valence-corrected chi connectivity index (χ0v) is 12.0. The largest absolute Gasteiger partial charge is 0.389 e. The molecule has 102 valence electrons. The van der Waals surface area contributed by atoms with Crippen LogP contribution < -0.4 is 5.32 Å². The van der Waals surface area contributed by atoms with Crippen LogP contribution in [0.2, 0.25) is 0 Å². The highest BCUT2D eigenvalue weighted by Gasteiger charge is 2.28. The quantitative estimate of drug-likeness (QED) is 0.824. The van der Waals surface area contributed by atoms with E-state index in [0.29, 0.717) is 6.54 Å². The molecular weight excluding hydrogens is 307 g/mol. The van der Waals surface area contributed by atoms with Crippen molar-refractivity contribution in [2.45, 2.75) is 38.9 Å². The standard InChI is InChI=1S/C13H17BrF3N/c1-3-18-12(6-7-13(15,16)17)10-5-4-9(2)11(14)8-10/h4-5,8,12,18H,3,6-7H2,1-2H3. The summed E-state index contributed by atoms with van der Waals surface area (Å²) in [5.74, 6) is 0. The van der Waals surface area contributed by atoms with Gasteiger partial charge in [-0.2, -0.15) is 13.2 Å². The fourth-order valence-electron chi connectivity index (χ4n) is 1.77. The second-order valence-corrected chi connectivity index (χ2v) is 5.13. The minimum absolute atomic E-state index is 0.0623. The van der Waals surface area contributed by atoms with Crippen molar-refractivity contribution in [3.8, 4) is 0 Å². The number of rotatable bonds is 5. The molecule has 18 heavy (non-hydrogen) atoms. The van der Waals surface area contributed by atoms with Crippen LogP contribution in [0.25, 0.3) is 0 Å². The summed E-state index contributed by atoms with van der Waals surface area (Å²) in [6.45, 7) is 4.49. The molecule has 0 radical (unpaired) electrons. The molecule has 0 aliphatic rings. The third-order valence-corrected chi connectivity index (χ3v) is 3.62. The van der Waals surface area contributed by atoms with E-state index in [1.807, 2.05) is 32.0 Å². The van der Waals surface area contributed by atoms with Crippen LogP contribution in [0.1, 0.15) is 36.9 Å². The zero-order chi connectivity index (χ0) is 13.8. The zero-order valence-electron chi connectivity index (χ0n) is 10.4. The Labute approximate surface area is 114 Å². The van der Waals surface area contributed by atoms with Crippen LogP contribution in [0, 0.1) is 6.92 Å². The molecular formula is C13H17BrF3N. The van der Waals surface area contributed by atoms with Gasteiger partial charge >= 0.3 is 6.18 Å². The van der Waals surface area contributed by atoms with E-state index in [1.165, 1.54) is 0 Å². The smallest absolute Gasteiger partial charge is 0.310 e. The van der Waals surface area contributed by atoms with Gasteiger partial charge in [-0.15, -0.1) is 0 Å². The van der Waals surface area contributed by atoms with Crippen molar-refractivity contribution in [3.05, 3.63) is 33.8 Å². The summed E-state index contributed by atoms with van der Waals surface area (Å²) in [5, 5.41) is 3.10. The summed E-state index contributed by atoms with van der Waals surface area (Å²) in [5.41, 5.74) is 1.96. The Morgan fingerprint density at radius 1 is 1.33 bits per heavy atom. The van der Waals surface area contributed by atoms with Crippen LogP contribution in [-0.2, 0) is 0 Å². The SMILES string of the molecule is CCNC(CCC(F)(F)F)c1ccc(C)c(Br)c1. The lowest BCUT2D eigenvalue weighted by Gasteiger charge is -2.20. The molecule has 1 unspecified atom stereocenters. The Hall–Kier alpha value is -0.550. The Kier molecular flexibility index (Phi) is 5.66. The molecule has 1 aromatic carbocycles. The molecule has 5 heteroatoms. The minimum atomic E-state index is -4.10. The van der Waals surface area contributed by atoms with Gasteiger partial charge in [0.2, 0.25) is 0 Å². The predicted octanol–water partition coefficient (Wildman–Crippen LogP) is 4.75. The fourth-order valence-corrected chi connectivity index (χ4v) is 2.16. The molecule has 0 aliphatic carbocycles. The maximum absolute atomic E-state index is 12.3. The lowest BCUT2D eigenvalue weighted by Crippen LogP contribution is -2.23. The Bertz CT molecular complexity index is 390. The van der Waals surface area contributed by atoms with E-state index in [9.17, 15) is 13.2 Å². The van der Waals surface area contributed by atoms with Crippen LogP contribution >= 0.6 is 15.9 Å². The Morgan fingerprint density at radius 3 is 2.50 bits per heavy atom. The van der Waals surface area contributed by atoms with E-state index in [2.05, 4.69) is 21.2 Å². The molecule has 0 bridgehead atoms. The molecule has 0 saturated heterocycles. The monoisotopic (exact) mass is 323 g/mol. The summed E-state index contributed by atoms with van der Waals surface area (Å²) in [4.78, 5) is 0. The molecule has 1 aromatic rings. The van der Waals surface area contributed by atoms with E-state index in [-0.39, 0.29) is 12.5 Å². The molecule has 1 atom stereocenters. The van der Waals surface area contributed by atoms with Gasteiger partial charge in [0.05, 0.1) is 0 Å². The average Bonchev–Trinajstić information content (AvgIpc) is 2.27. The highest BCUT2D eigenvalue weighted by atomic mass is 79.9. The molecule has 0 spiro atoms. The van der Waals surface area contributed by atoms with Crippen LogP contribution in [0.4, 0.5) is 13.2 Å². The van der Waals surface area contributed by atoms with Crippen molar-refractivity contribution in [2.24, 2.45) is 0 Å². The number of halogens is 4. The average molecular weight is 324 g/mol. The Balaban J connectivity index is 2.80. The molecule has 0 fully saturated rings. The summed E-state index contributed by atoms with van der Waals surface area (Å²) in [6, 6.07) is 5.42. The van der Waals surface area contributed by atoms with E-state index >= 15 is 0 Å². The van der Waals surface area contributed by atoms with Crippen LogP contribution in [0.5, 0.6) is 0 Å². The topological polar surface area (TPSA) is 12.0 Å². The minimum Gasteiger partial charge on any atom is -0.310 e. The fraction of sp³-hybridized carbons (Fsp3) is 0.538. The number of hydrogen-bond donors (Lipinski definition) is 1. The second-order valence-electron chi connectivity index (χ2n) is 4.27. The summed E-state index contributed by atoms with van der Waals surface area (Å²) in [6.07, 6.45) is -4.81. The third-order valence-electron chi connectivity index (χ3n) is 2.77. The molecule has 0 aromatic heterocycles. The van der Waals surface area contributed by atoms with Gasteiger partial charge < -0.3 is 5.32 Å². The highest BCUT2D eigenvalue weighted by Crippen LogP contribution is 2.29. The van der Waals surface area contributed by atoms with Gasteiger partial charge in [0, 0.05) is 16.9 Å². The van der Waals surface area contributed by atoms with E-state index in [1.54, 1.807) is 0 Å². The molecule has 1 rings (SSSR count). The highest BCUT2D eigenvalue weighted by molar-refractivity contribution is 9.10. The normalized spacial score (nSPS) is 13.7. The lowest BCUT2D eigenvalue weighted by molar-refractivity contribution is -0.136. The van der Waals surface area contributed by atoms with Crippen molar-refractivity contribution < 1.29 is 13.2 Å². The van der Waals surface area contributed by atoms with Gasteiger partial charge in [-0.25, -0.2) is 0 Å². The van der Waals surface area contributed by atoms with E-state index in [4.69, 9.17) is 0 Å². The third kappa shape index (κ3) is 4.98. The number of hydrogen-bond acceptors (Lipinski definition) is 1. The number of nitrogens with one attached hydrogen (secondary N) is 1. The van der Waals surface area contributed by atoms with Crippen LogP contribution in [0.3, 0.4) is 0 Å². The van der Waals surface area contributed by atoms with Gasteiger partial charge in [-0.05, 0) is 37.1 Å². The van der Waals surface area contributed by atoms with Gasteiger partial charge in [-0.3, -0.25) is 0 Å². The van der Waals surface area contributed by atoms with Gasteiger partial charge in [0.1, 0.15) is 0 Å². The van der Waals surface area contributed by atoms with E-state index < -0.39 is 12.6 Å². The van der Waals surface area contributed by atoms with Crippen LogP contribution in [0.15, 0.2) is 22.7 Å². The first kappa shape index (κ1) is 15.5. The first-order valence-corrected chi connectivity index (χ1v) is 6.69. The van der Waals surface area contributed by atoms with Crippen LogP contribution in [-0.4, -0.2) is 12.7 Å². The van der Waals surface area contributed by atoms with Gasteiger partial charge in [0.15, 0.2) is 0 Å². The first-order chi connectivity index (χ1) is 8.33. The predicted molar refractivity (Wildman–Crippen MR) is 70.6 cm³/mol. The number of alkyl halides is 3. The molecule has 1 N–H and O–H groups in total. The van der Waals surface area contributed by atoms with Crippen molar-refractivity contribution in [3.63, 3.8) is 0 Å². The Morgan fingerprint density at radius 2 is 2.00 bits per heavy atom. The summed E-state index contributed by atoms with van der Waals surface area (Å²) in [7, 11) is 0. The summed E-state index contributed by atoms with van der Waals surface area (Å²) >= 11 is 3.41. The van der Waals surface area contributed by atoms with Crippen molar-refractivity contribution in [2.75, 3.05) is 6.54 Å². The van der Waals surface area contributed by atoms with Crippen molar-refractivity contribution >= 4 is 15.9 Å². The maximum Gasteiger partial charge on any atom is 0.389 e. The lowest BCUT2D eigenvalue weighted by atomic mass is 10.0. The maximum atomic E-state index is 12.3. The first-order valence-electron chi connectivity index (χ1n) is 5.89. The van der Waals surface area contributed by atoms with Crippen molar-refractivity contribution in [1.29, 1.82) is 0 Å².